The summed E-state index contributed by atoms with van der Waals surface area (Å²) >= 11 is 0. The summed E-state index contributed by atoms with van der Waals surface area (Å²) in [6.45, 7) is 9.95. The van der Waals surface area contributed by atoms with Gasteiger partial charge in [0.1, 0.15) is 5.82 Å². The zero-order valence-electron chi connectivity index (χ0n) is 32.0. The Labute approximate surface area is 322 Å². The Balaban J connectivity index is 1.32. The van der Waals surface area contributed by atoms with E-state index < -0.39 is 12.1 Å². The largest absolute Gasteiger partial charge is 0.478 e. The van der Waals surface area contributed by atoms with E-state index in [2.05, 4.69) is 100 Å². The molecule has 0 saturated carbocycles. The van der Waals surface area contributed by atoms with E-state index in [9.17, 15) is 19.4 Å². The summed E-state index contributed by atoms with van der Waals surface area (Å²) < 4.78 is 14.0. The summed E-state index contributed by atoms with van der Waals surface area (Å²) in [6.07, 6.45) is 9.38. The molecule has 2 aliphatic rings. The van der Waals surface area contributed by atoms with Gasteiger partial charge in [0.05, 0.1) is 11.7 Å². The van der Waals surface area contributed by atoms with Crippen molar-refractivity contribution in [2.75, 3.05) is 11.9 Å². The Kier molecular flexibility index (Phi) is 9.09. The van der Waals surface area contributed by atoms with Crippen LogP contribution in [-0.4, -0.2) is 23.2 Å². The van der Waals surface area contributed by atoms with Gasteiger partial charge in [0.15, 0.2) is 0 Å². The van der Waals surface area contributed by atoms with Gasteiger partial charge in [0.2, 0.25) is 0 Å². The topological polar surface area (TPSA) is 60.8 Å². The molecule has 55 heavy (non-hydrogen) atoms. The van der Waals surface area contributed by atoms with Crippen LogP contribution in [0.15, 0.2) is 133 Å². The molecule has 4 nitrogen and oxygen atoms in total. The van der Waals surface area contributed by atoms with E-state index in [0.717, 1.165) is 62.5 Å². The van der Waals surface area contributed by atoms with Gasteiger partial charge in [-0.25, -0.2) is 9.18 Å². The number of benzene rings is 6. The van der Waals surface area contributed by atoms with Crippen LogP contribution in [0.3, 0.4) is 0 Å². The van der Waals surface area contributed by atoms with Crippen molar-refractivity contribution in [1.82, 2.24) is 0 Å². The fourth-order valence-corrected chi connectivity index (χ4v) is 8.87. The Morgan fingerprint density at radius 2 is 1.56 bits per heavy atom. The molecule has 0 fully saturated rings. The zero-order valence-corrected chi connectivity index (χ0v) is 32.0. The van der Waals surface area contributed by atoms with Gasteiger partial charge in [0, 0.05) is 30.2 Å². The normalized spacial score (nSPS) is 16.3. The lowest BCUT2D eigenvalue weighted by Crippen LogP contribution is -2.28. The van der Waals surface area contributed by atoms with Gasteiger partial charge in [-0.15, -0.1) is 0 Å². The number of nitrogens with zero attached hydrogens (tertiary/aromatic N) is 1. The van der Waals surface area contributed by atoms with Crippen molar-refractivity contribution in [3.63, 3.8) is 0 Å². The number of allylic oxidation sites excluding steroid dienone is 4. The summed E-state index contributed by atoms with van der Waals surface area (Å²) in [4.78, 5) is 13.7. The number of aliphatic hydroxyl groups is 1. The first kappa shape index (κ1) is 36.2. The molecule has 0 radical (unpaired) electrons. The second-order valence-electron chi connectivity index (χ2n) is 16.6. The highest BCUT2D eigenvalue weighted by Gasteiger charge is 2.37. The van der Waals surface area contributed by atoms with Crippen LogP contribution in [-0.2, 0) is 12.0 Å². The van der Waals surface area contributed by atoms with Crippen LogP contribution in [0.5, 0.6) is 0 Å². The maximum Gasteiger partial charge on any atom is 0.335 e. The number of hydrogen-bond acceptors (Lipinski definition) is 3. The van der Waals surface area contributed by atoms with Crippen LogP contribution < -0.4 is 4.90 Å². The molecule has 0 aromatic heterocycles. The molecule has 8 rings (SSSR count). The molecular weight excluding hydrogens is 682 g/mol. The average molecular weight is 728 g/mol. The minimum absolute atomic E-state index is 0.125. The summed E-state index contributed by atoms with van der Waals surface area (Å²) in [7, 11) is 2.11. The lowest BCUT2D eigenvalue weighted by atomic mass is 9.64. The predicted molar refractivity (Wildman–Crippen MR) is 225 cm³/mol. The SMILES string of the molecule is CN(Cc1ccc(F)cc1)c1cc(-c2ccc3ccccc3c2C(O)C=Cc2ccc(C(=O)O)cc2)cc2ccc3c(c12)C(C)(C)CC1=C3C=CC(C)(C)C1. The number of hydrogen-bond donors (Lipinski definition) is 2. The third kappa shape index (κ3) is 6.90. The van der Waals surface area contributed by atoms with Crippen molar-refractivity contribution in [2.45, 2.75) is 58.6 Å². The van der Waals surface area contributed by atoms with Crippen molar-refractivity contribution < 1.29 is 19.4 Å². The molecule has 5 heteroatoms. The van der Waals surface area contributed by atoms with Crippen molar-refractivity contribution >= 4 is 44.9 Å². The summed E-state index contributed by atoms with van der Waals surface area (Å²) in [5, 5.41) is 25.7. The van der Waals surface area contributed by atoms with Gasteiger partial charge in [0.25, 0.3) is 0 Å². The molecule has 2 N–H and O–H groups in total. The Morgan fingerprint density at radius 1 is 0.855 bits per heavy atom. The highest BCUT2D eigenvalue weighted by molar-refractivity contribution is 6.05. The van der Waals surface area contributed by atoms with Crippen LogP contribution in [0.2, 0.25) is 0 Å². The van der Waals surface area contributed by atoms with Crippen LogP contribution in [0.1, 0.15) is 84.8 Å². The van der Waals surface area contributed by atoms with Crippen LogP contribution in [0, 0.1) is 11.2 Å². The Bertz CT molecular complexity index is 2570. The third-order valence-corrected chi connectivity index (χ3v) is 11.4. The molecule has 0 heterocycles. The maximum absolute atomic E-state index is 14.0. The minimum atomic E-state index is -0.977. The number of anilines is 1. The minimum Gasteiger partial charge on any atom is -0.478 e. The van der Waals surface area contributed by atoms with Gasteiger partial charge < -0.3 is 15.1 Å². The van der Waals surface area contributed by atoms with E-state index >= 15 is 0 Å². The second-order valence-corrected chi connectivity index (χ2v) is 16.6. The molecule has 0 amide bonds. The summed E-state index contributed by atoms with van der Waals surface area (Å²) in [5.41, 5.74) is 11.3. The van der Waals surface area contributed by atoms with Crippen LogP contribution in [0.25, 0.3) is 44.3 Å². The van der Waals surface area contributed by atoms with E-state index in [4.69, 9.17) is 0 Å². The van der Waals surface area contributed by atoms with E-state index in [1.54, 1.807) is 30.3 Å². The molecule has 6 aromatic rings. The fourth-order valence-electron chi connectivity index (χ4n) is 8.87. The van der Waals surface area contributed by atoms with E-state index in [-0.39, 0.29) is 22.2 Å². The van der Waals surface area contributed by atoms with Gasteiger partial charge >= 0.3 is 5.97 Å². The molecule has 0 spiro atoms. The Hall–Kier alpha value is -5.78. The summed E-state index contributed by atoms with van der Waals surface area (Å²) in [6, 6.07) is 34.8. The summed E-state index contributed by atoms with van der Waals surface area (Å²) in [5.74, 6) is -1.23. The molecule has 276 valence electrons. The molecule has 0 saturated heterocycles. The first-order valence-electron chi connectivity index (χ1n) is 19.0. The smallest absolute Gasteiger partial charge is 0.335 e. The molecule has 0 aliphatic heterocycles. The molecule has 0 bridgehead atoms. The van der Waals surface area contributed by atoms with Crippen LogP contribution >= 0.6 is 0 Å². The maximum atomic E-state index is 14.0. The second kappa shape index (κ2) is 13.8. The lowest BCUT2D eigenvalue weighted by molar-refractivity contribution is 0.0697. The van der Waals surface area contributed by atoms with Crippen molar-refractivity contribution in [2.24, 2.45) is 5.41 Å². The third-order valence-electron chi connectivity index (χ3n) is 11.4. The van der Waals surface area contributed by atoms with Crippen LogP contribution in [0.4, 0.5) is 10.1 Å². The van der Waals surface area contributed by atoms with Crippen molar-refractivity contribution in [1.29, 1.82) is 0 Å². The van der Waals surface area contributed by atoms with Gasteiger partial charge in [-0.2, -0.15) is 0 Å². The number of carboxylic acids is 1. The first-order chi connectivity index (χ1) is 26.3. The van der Waals surface area contributed by atoms with E-state index in [1.165, 1.54) is 39.8 Å². The first-order valence-corrected chi connectivity index (χ1v) is 19.0. The average Bonchev–Trinajstić information content (AvgIpc) is 3.16. The number of carboxylic acid groups (broad SMARTS) is 1. The number of aliphatic hydroxyl groups excluding tert-OH is 1. The highest BCUT2D eigenvalue weighted by Crippen LogP contribution is 2.53. The number of aromatic carboxylic acids is 1. The lowest BCUT2D eigenvalue weighted by Gasteiger charge is -2.41. The quantitative estimate of drug-likeness (QED) is 0.164. The number of fused-ring (bicyclic) bond motifs is 5. The highest BCUT2D eigenvalue weighted by atomic mass is 19.1. The number of carbonyl (C=O) groups is 1. The zero-order chi connectivity index (χ0) is 38.6. The van der Waals surface area contributed by atoms with E-state index in [1.807, 2.05) is 30.3 Å². The molecule has 6 aromatic carbocycles. The molecule has 1 atom stereocenters. The van der Waals surface area contributed by atoms with Crippen molar-refractivity contribution in [3.8, 4) is 11.1 Å². The van der Waals surface area contributed by atoms with Gasteiger partial charge in [-0.3, -0.25) is 0 Å². The molecular formula is C50H46FNO3. The van der Waals surface area contributed by atoms with E-state index in [0.29, 0.717) is 6.54 Å². The van der Waals surface area contributed by atoms with Gasteiger partial charge in [-0.1, -0.05) is 130 Å². The standard InChI is InChI=1S/C50H46FNO3/c1-49(2)25-24-39-37(28-49)29-50(3,4)47-42(39)22-18-35-26-36(27-43(45(35)47)52(5)30-32-12-19-38(51)20-13-32)41-21-17-33-8-6-7-9-40(33)46(41)44(53)23-14-31-10-15-34(16-11-31)48(54)55/h6-27,44,53H,28-30H2,1-5H3,(H,54,55). The monoisotopic (exact) mass is 727 g/mol. The van der Waals surface area contributed by atoms with Gasteiger partial charge in [-0.05, 0) is 115 Å². The number of rotatable bonds is 8. The molecule has 2 aliphatic carbocycles. The predicted octanol–water partition coefficient (Wildman–Crippen LogP) is 12.3. The number of halogens is 1. The Morgan fingerprint density at radius 3 is 2.31 bits per heavy atom. The van der Waals surface area contributed by atoms with Crippen molar-refractivity contribution in [3.05, 3.63) is 172 Å². The molecule has 1 unspecified atom stereocenters. The fraction of sp³-hybridized carbons (Fsp3) is 0.220.